The molecule has 0 radical (unpaired) electrons. The first-order valence-electron chi connectivity index (χ1n) is 8.00. The number of carbonyl (C=O) groups is 1. The Morgan fingerprint density at radius 1 is 1.16 bits per heavy atom. The SMILES string of the molecule is COc1cc2c(cc1OC)CN(C(C(=O)O)c1ccccc1F)CC2. The molecule has 0 aliphatic carbocycles. The van der Waals surface area contributed by atoms with E-state index in [1.807, 2.05) is 12.1 Å². The van der Waals surface area contributed by atoms with E-state index in [4.69, 9.17) is 9.47 Å². The minimum atomic E-state index is -1.06. The molecule has 3 rings (SSSR count). The first-order valence-corrected chi connectivity index (χ1v) is 8.00. The van der Waals surface area contributed by atoms with Gasteiger partial charge >= 0.3 is 5.97 Å². The van der Waals surface area contributed by atoms with E-state index in [0.29, 0.717) is 31.0 Å². The number of carboxylic acid groups (broad SMARTS) is 1. The number of hydrogen-bond acceptors (Lipinski definition) is 4. The standard InChI is InChI=1S/C19H20FNO4/c1-24-16-9-12-7-8-21(11-13(12)10-17(16)25-2)18(19(22)23)14-5-3-4-6-15(14)20/h3-6,9-10,18H,7-8,11H2,1-2H3,(H,22,23). The van der Waals surface area contributed by atoms with Crippen LogP contribution < -0.4 is 9.47 Å². The number of fused-ring (bicyclic) bond motifs is 1. The number of ether oxygens (including phenoxy) is 2. The topological polar surface area (TPSA) is 59.0 Å². The smallest absolute Gasteiger partial charge is 0.325 e. The van der Waals surface area contributed by atoms with E-state index in [2.05, 4.69) is 0 Å². The van der Waals surface area contributed by atoms with Crippen molar-refractivity contribution in [2.24, 2.45) is 0 Å². The minimum Gasteiger partial charge on any atom is -0.493 e. The van der Waals surface area contributed by atoms with Crippen molar-refractivity contribution in [3.63, 3.8) is 0 Å². The molecule has 1 aliphatic rings. The van der Waals surface area contributed by atoms with Gasteiger partial charge in [-0.15, -0.1) is 0 Å². The molecule has 0 bridgehead atoms. The fraction of sp³-hybridized carbons (Fsp3) is 0.316. The van der Waals surface area contributed by atoms with Crippen LogP contribution >= 0.6 is 0 Å². The molecule has 0 spiro atoms. The van der Waals surface area contributed by atoms with Crippen molar-refractivity contribution in [3.8, 4) is 11.5 Å². The molecule has 0 saturated heterocycles. The summed E-state index contributed by atoms with van der Waals surface area (Å²) in [7, 11) is 3.14. The molecular formula is C19H20FNO4. The van der Waals surface area contributed by atoms with Gasteiger partial charge in [-0.2, -0.15) is 0 Å². The van der Waals surface area contributed by atoms with Gasteiger partial charge in [0, 0.05) is 18.7 Å². The van der Waals surface area contributed by atoms with Gasteiger partial charge in [-0.25, -0.2) is 4.39 Å². The maximum atomic E-state index is 14.1. The Hall–Kier alpha value is -2.60. The third-order valence-electron chi connectivity index (χ3n) is 4.55. The molecule has 1 heterocycles. The number of benzene rings is 2. The highest BCUT2D eigenvalue weighted by molar-refractivity contribution is 5.75. The maximum absolute atomic E-state index is 14.1. The molecule has 0 amide bonds. The second-order valence-corrected chi connectivity index (χ2v) is 5.96. The summed E-state index contributed by atoms with van der Waals surface area (Å²) in [5.74, 6) is -0.318. The number of aliphatic carboxylic acids is 1. The second-order valence-electron chi connectivity index (χ2n) is 5.96. The van der Waals surface area contributed by atoms with Gasteiger partial charge in [0.05, 0.1) is 14.2 Å². The van der Waals surface area contributed by atoms with E-state index in [0.717, 1.165) is 11.1 Å². The van der Waals surface area contributed by atoms with Crippen molar-refractivity contribution >= 4 is 5.97 Å². The van der Waals surface area contributed by atoms with E-state index in [1.54, 1.807) is 31.3 Å². The van der Waals surface area contributed by atoms with Crippen molar-refractivity contribution in [3.05, 3.63) is 58.9 Å². The van der Waals surface area contributed by atoms with Gasteiger partial charge in [0.2, 0.25) is 0 Å². The molecule has 5 nitrogen and oxygen atoms in total. The Bertz CT molecular complexity index is 793. The number of methoxy groups -OCH3 is 2. The Kier molecular flexibility index (Phi) is 4.90. The highest BCUT2D eigenvalue weighted by Gasteiger charge is 2.32. The third-order valence-corrected chi connectivity index (χ3v) is 4.55. The van der Waals surface area contributed by atoms with Crippen molar-refractivity contribution in [1.82, 2.24) is 4.90 Å². The summed E-state index contributed by atoms with van der Waals surface area (Å²) in [5.41, 5.74) is 2.23. The highest BCUT2D eigenvalue weighted by atomic mass is 19.1. The number of hydrogen-bond donors (Lipinski definition) is 1. The van der Waals surface area contributed by atoms with E-state index in [-0.39, 0.29) is 5.56 Å². The zero-order chi connectivity index (χ0) is 18.0. The molecule has 1 unspecified atom stereocenters. The molecule has 25 heavy (non-hydrogen) atoms. The summed E-state index contributed by atoms with van der Waals surface area (Å²) in [6, 6.07) is 8.78. The second kappa shape index (κ2) is 7.11. The fourth-order valence-corrected chi connectivity index (χ4v) is 3.31. The van der Waals surface area contributed by atoms with E-state index >= 15 is 0 Å². The lowest BCUT2D eigenvalue weighted by molar-refractivity contribution is -0.144. The summed E-state index contributed by atoms with van der Waals surface area (Å²) >= 11 is 0. The molecule has 0 saturated carbocycles. The van der Waals surface area contributed by atoms with Crippen LogP contribution in [0, 0.1) is 5.82 Å². The van der Waals surface area contributed by atoms with Gasteiger partial charge in [0.25, 0.3) is 0 Å². The maximum Gasteiger partial charge on any atom is 0.325 e. The van der Waals surface area contributed by atoms with Gasteiger partial charge in [0.1, 0.15) is 11.9 Å². The number of nitrogens with zero attached hydrogens (tertiary/aromatic N) is 1. The predicted molar refractivity (Wildman–Crippen MR) is 90.4 cm³/mol. The number of carboxylic acids is 1. The molecule has 1 N–H and O–H groups in total. The Morgan fingerprint density at radius 2 is 1.80 bits per heavy atom. The van der Waals surface area contributed by atoms with Crippen LogP contribution in [0.3, 0.4) is 0 Å². The Balaban J connectivity index is 1.95. The van der Waals surface area contributed by atoms with E-state index in [9.17, 15) is 14.3 Å². The summed E-state index contributed by atoms with van der Waals surface area (Å²) in [6.45, 7) is 0.925. The van der Waals surface area contributed by atoms with Gasteiger partial charge < -0.3 is 14.6 Å². The molecule has 1 aliphatic heterocycles. The van der Waals surface area contributed by atoms with E-state index in [1.165, 1.54) is 12.1 Å². The Labute approximate surface area is 145 Å². The molecular weight excluding hydrogens is 325 g/mol. The van der Waals surface area contributed by atoms with Crippen molar-refractivity contribution < 1.29 is 23.8 Å². The molecule has 132 valence electrons. The van der Waals surface area contributed by atoms with Crippen molar-refractivity contribution in [2.45, 2.75) is 19.0 Å². The summed E-state index contributed by atoms with van der Waals surface area (Å²) in [6.07, 6.45) is 0.661. The summed E-state index contributed by atoms with van der Waals surface area (Å²) in [4.78, 5) is 13.6. The average molecular weight is 345 g/mol. The lowest BCUT2D eigenvalue weighted by Gasteiger charge is -2.34. The lowest BCUT2D eigenvalue weighted by atomic mass is 9.95. The third kappa shape index (κ3) is 3.30. The molecule has 2 aromatic carbocycles. The van der Waals surface area contributed by atoms with Gasteiger partial charge in [-0.05, 0) is 35.7 Å². The van der Waals surface area contributed by atoms with Crippen LogP contribution in [-0.4, -0.2) is 36.7 Å². The average Bonchev–Trinajstić information content (AvgIpc) is 2.62. The fourth-order valence-electron chi connectivity index (χ4n) is 3.31. The molecule has 1 atom stereocenters. The van der Waals surface area contributed by atoms with Crippen LogP contribution in [0.4, 0.5) is 4.39 Å². The molecule has 0 aromatic heterocycles. The molecule has 0 fully saturated rings. The summed E-state index contributed by atoms with van der Waals surface area (Å²) < 4.78 is 24.8. The largest absolute Gasteiger partial charge is 0.493 e. The molecule has 6 heteroatoms. The highest BCUT2D eigenvalue weighted by Crippen LogP contribution is 2.35. The van der Waals surface area contributed by atoms with Crippen LogP contribution in [-0.2, 0) is 17.8 Å². The lowest BCUT2D eigenvalue weighted by Crippen LogP contribution is -2.38. The van der Waals surface area contributed by atoms with Crippen LogP contribution in [0.15, 0.2) is 36.4 Å². The van der Waals surface area contributed by atoms with Crippen LogP contribution in [0.5, 0.6) is 11.5 Å². The minimum absolute atomic E-state index is 0.180. The normalized spacial score (nSPS) is 15.3. The monoisotopic (exact) mass is 345 g/mol. The first-order chi connectivity index (χ1) is 12.0. The van der Waals surface area contributed by atoms with Gasteiger partial charge in [-0.1, -0.05) is 18.2 Å². The quantitative estimate of drug-likeness (QED) is 0.903. The van der Waals surface area contributed by atoms with E-state index < -0.39 is 17.8 Å². The zero-order valence-corrected chi connectivity index (χ0v) is 14.2. The van der Waals surface area contributed by atoms with Crippen LogP contribution in [0.25, 0.3) is 0 Å². The first kappa shape index (κ1) is 17.2. The predicted octanol–water partition coefficient (Wildman–Crippen LogP) is 3.03. The van der Waals surface area contributed by atoms with Gasteiger partial charge in [0.15, 0.2) is 11.5 Å². The number of rotatable bonds is 5. The van der Waals surface area contributed by atoms with Crippen LogP contribution in [0.2, 0.25) is 0 Å². The van der Waals surface area contributed by atoms with Gasteiger partial charge in [-0.3, -0.25) is 9.69 Å². The van der Waals surface area contributed by atoms with Crippen molar-refractivity contribution in [2.75, 3.05) is 20.8 Å². The van der Waals surface area contributed by atoms with Crippen molar-refractivity contribution in [1.29, 1.82) is 0 Å². The number of halogens is 1. The van der Waals surface area contributed by atoms with Crippen LogP contribution in [0.1, 0.15) is 22.7 Å². The Morgan fingerprint density at radius 3 is 2.40 bits per heavy atom. The summed E-state index contributed by atoms with van der Waals surface area (Å²) in [5, 5.41) is 9.68. The zero-order valence-electron chi connectivity index (χ0n) is 14.2. The molecule has 2 aromatic rings.